The highest BCUT2D eigenvalue weighted by Gasteiger charge is 2.40. The zero-order valence-corrected chi connectivity index (χ0v) is 30.6. The van der Waals surface area contributed by atoms with E-state index in [-0.39, 0.29) is 37.6 Å². The summed E-state index contributed by atoms with van der Waals surface area (Å²) in [6.45, 7) is 2.84. The van der Waals surface area contributed by atoms with Crippen LogP contribution < -0.4 is 16.4 Å². The van der Waals surface area contributed by atoms with Gasteiger partial charge in [0.1, 0.15) is 30.7 Å². The van der Waals surface area contributed by atoms with E-state index >= 15 is 0 Å². The van der Waals surface area contributed by atoms with Crippen molar-refractivity contribution in [2.75, 3.05) is 70.2 Å². The first-order chi connectivity index (χ1) is 26.2. The number of pyridine rings is 1. The number of anilines is 2. The molecule has 4 N–H and O–H groups in total. The van der Waals surface area contributed by atoms with E-state index in [0.29, 0.717) is 82.1 Å². The number of hydrogen-bond acceptors (Lipinski definition) is 11. The molecule has 0 unspecified atom stereocenters. The third kappa shape index (κ3) is 9.64. The van der Waals surface area contributed by atoms with Gasteiger partial charge in [-0.2, -0.15) is 0 Å². The van der Waals surface area contributed by atoms with Crippen molar-refractivity contribution in [1.82, 2.24) is 19.7 Å². The van der Waals surface area contributed by atoms with Crippen LogP contribution in [0.5, 0.6) is 0 Å². The minimum atomic E-state index is -0.712. The lowest BCUT2D eigenvalue weighted by Crippen LogP contribution is -2.53. The number of amides is 4. The Kier molecular flexibility index (Phi) is 13.0. The van der Waals surface area contributed by atoms with Crippen LogP contribution in [0.15, 0.2) is 72.9 Å². The molecule has 15 nitrogen and oxygen atoms in total. The van der Waals surface area contributed by atoms with E-state index in [2.05, 4.69) is 4.98 Å². The average Bonchev–Trinajstić information content (AvgIpc) is 3.22. The van der Waals surface area contributed by atoms with E-state index in [9.17, 15) is 19.2 Å². The molecule has 4 amide bonds. The normalized spacial score (nSPS) is 20.6. The molecule has 1 aromatic heterocycles. The van der Waals surface area contributed by atoms with E-state index in [1.165, 1.54) is 0 Å². The molecule has 3 atom stereocenters. The summed E-state index contributed by atoms with van der Waals surface area (Å²) in [5.41, 5.74) is 14.5. The number of benzene rings is 2. The van der Waals surface area contributed by atoms with E-state index < -0.39 is 30.5 Å². The number of piperazine rings is 1. The second-order valence-electron chi connectivity index (χ2n) is 13.7. The number of carbonyl (C=O) groups excluding carboxylic acids is 4. The zero-order valence-electron chi connectivity index (χ0n) is 30.6. The quantitative estimate of drug-likeness (QED) is 0.311. The Bertz CT molecular complexity index is 1730. The van der Waals surface area contributed by atoms with Crippen LogP contribution in [0.2, 0.25) is 0 Å². The second kappa shape index (κ2) is 18.2. The Labute approximate surface area is 315 Å². The maximum absolute atomic E-state index is 13.5. The maximum atomic E-state index is 13.5. The van der Waals surface area contributed by atoms with Crippen LogP contribution in [0, 0.1) is 5.92 Å². The van der Waals surface area contributed by atoms with Crippen LogP contribution >= 0.6 is 0 Å². The Hall–Kier alpha value is -5.25. The van der Waals surface area contributed by atoms with Crippen molar-refractivity contribution >= 4 is 35.5 Å². The van der Waals surface area contributed by atoms with Gasteiger partial charge in [-0.1, -0.05) is 42.5 Å². The van der Waals surface area contributed by atoms with Crippen LogP contribution in [-0.2, 0) is 36.9 Å². The lowest BCUT2D eigenvalue weighted by atomic mass is 9.95. The number of aromatic nitrogens is 1. The van der Waals surface area contributed by atoms with Crippen LogP contribution in [0.4, 0.5) is 21.1 Å². The Morgan fingerprint density at radius 1 is 0.852 bits per heavy atom. The Balaban J connectivity index is 1.02. The average molecular weight is 744 g/mol. The molecule has 3 aliphatic rings. The van der Waals surface area contributed by atoms with Crippen LogP contribution in [0.25, 0.3) is 0 Å². The Morgan fingerprint density at radius 2 is 1.56 bits per heavy atom. The van der Waals surface area contributed by atoms with Gasteiger partial charge in [0.25, 0.3) is 5.91 Å². The fourth-order valence-electron chi connectivity index (χ4n) is 6.95. The highest BCUT2D eigenvalue weighted by Crippen LogP contribution is 2.27. The summed E-state index contributed by atoms with van der Waals surface area (Å²) in [6, 6.07) is 20.3. The van der Waals surface area contributed by atoms with Gasteiger partial charge in [-0.15, -0.1) is 0 Å². The molecule has 54 heavy (non-hydrogen) atoms. The summed E-state index contributed by atoms with van der Waals surface area (Å²) >= 11 is 0. The SMILES string of the molecule is CN(C(=O)C1CCN(C(=O)O[C@@H]2CCO[C@H](COC(=O)N3CCN(C(=O)c4cccc(CN)c4)CC3)[C@H]2OCc2ccccc2)CC1)c1ccc(N)nc1. The monoisotopic (exact) mass is 743 g/mol. The van der Waals surface area contributed by atoms with Crippen LogP contribution in [-0.4, -0.2) is 122 Å². The molecular weight excluding hydrogens is 694 g/mol. The summed E-state index contributed by atoms with van der Waals surface area (Å²) < 4.78 is 24.2. The molecule has 15 heteroatoms. The number of nitrogens with zero attached hydrogens (tertiary/aromatic N) is 5. The predicted molar refractivity (Wildman–Crippen MR) is 199 cm³/mol. The fourth-order valence-corrected chi connectivity index (χ4v) is 6.95. The van der Waals surface area contributed by atoms with Gasteiger partial charge in [-0.3, -0.25) is 9.59 Å². The molecule has 0 spiro atoms. The fraction of sp³-hybridized carbons (Fsp3) is 0.462. The number of nitrogen functional groups attached to an aromatic ring is 1. The van der Waals surface area contributed by atoms with E-state index in [4.69, 9.17) is 30.4 Å². The third-order valence-electron chi connectivity index (χ3n) is 10.2. The van der Waals surface area contributed by atoms with Gasteiger partial charge in [-0.25, -0.2) is 14.6 Å². The number of likely N-dealkylation sites (tertiary alicyclic amines) is 1. The van der Waals surface area contributed by atoms with Gasteiger partial charge in [0.05, 0.1) is 25.1 Å². The molecular formula is C39H49N7O8. The van der Waals surface area contributed by atoms with Gasteiger partial charge < -0.3 is 50.0 Å². The molecule has 0 bridgehead atoms. The number of hydrogen-bond donors (Lipinski definition) is 2. The summed E-state index contributed by atoms with van der Waals surface area (Å²) in [7, 11) is 1.71. The summed E-state index contributed by atoms with van der Waals surface area (Å²) in [4.78, 5) is 63.5. The lowest BCUT2D eigenvalue weighted by Gasteiger charge is -2.39. The molecule has 0 aliphatic carbocycles. The highest BCUT2D eigenvalue weighted by atomic mass is 16.6. The molecule has 3 saturated heterocycles. The molecule has 0 saturated carbocycles. The first-order valence-corrected chi connectivity index (χ1v) is 18.4. The topological polar surface area (TPSA) is 183 Å². The molecule has 3 fully saturated rings. The van der Waals surface area contributed by atoms with Crippen molar-refractivity contribution in [2.45, 2.75) is 50.7 Å². The maximum Gasteiger partial charge on any atom is 0.410 e. The highest BCUT2D eigenvalue weighted by molar-refractivity contribution is 5.95. The molecule has 3 aliphatic heterocycles. The molecule has 4 heterocycles. The minimum absolute atomic E-state index is 0.0465. The number of piperidine rings is 1. The largest absolute Gasteiger partial charge is 0.447 e. The van der Waals surface area contributed by atoms with Crippen molar-refractivity contribution in [3.63, 3.8) is 0 Å². The van der Waals surface area contributed by atoms with Crippen molar-refractivity contribution in [1.29, 1.82) is 0 Å². The standard InChI is InChI=1S/C39H49N7O8/c1-43(31-10-11-34(41)42-24-31)36(47)29-12-15-45(16-13-29)39(50)54-32-14-21-51-33(35(32)52-25-27-6-3-2-4-7-27)26-53-38(49)46-19-17-44(18-20-46)37(48)30-9-5-8-28(22-30)23-40/h2-11,22,24,29,32-33,35H,12-21,23,25-26,40H2,1H3,(H2,41,42)/t32-,33-,35+/m1/s1. The summed E-state index contributed by atoms with van der Waals surface area (Å²) in [5, 5.41) is 0. The van der Waals surface area contributed by atoms with Crippen molar-refractivity contribution in [2.24, 2.45) is 11.7 Å². The second-order valence-corrected chi connectivity index (χ2v) is 13.7. The van der Waals surface area contributed by atoms with Gasteiger partial charge >= 0.3 is 12.2 Å². The van der Waals surface area contributed by atoms with Crippen molar-refractivity contribution < 1.29 is 38.1 Å². The molecule has 288 valence electrons. The Morgan fingerprint density at radius 3 is 2.26 bits per heavy atom. The molecule has 2 aromatic carbocycles. The first kappa shape index (κ1) is 38.5. The number of carbonyl (C=O) groups is 4. The molecule has 6 rings (SSSR count). The van der Waals surface area contributed by atoms with Crippen LogP contribution in [0.3, 0.4) is 0 Å². The van der Waals surface area contributed by atoms with Gasteiger partial charge in [0.15, 0.2) is 0 Å². The zero-order chi connectivity index (χ0) is 38.0. The smallest absolute Gasteiger partial charge is 0.410 e. The van der Waals surface area contributed by atoms with E-state index in [0.717, 1.165) is 11.1 Å². The summed E-state index contributed by atoms with van der Waals surface area (Å²) in [5.74, 6) is -0.0278. The number of ether oxygens (including phenoxy) is 4. The summed E-state index contributed by atoms with van der Waals surface area (Å²) in [6.07, 6.45) is -0.129. The first-order valence-electron chi connectivity index (χ1n) is 18.4. The van der Waals surface area contributed by atoms with Crippen molar-refractivity contribution in [3.8, 4) is 0 Å². The number of rotatable bonds is 10. The number of nitrogens with two attached hydrogens (primary N) is 2. The van der Waals surface area contributed by atoms with Gasteiger partial charge in [0, 0.05) is 70.8 Å². The predicted octanol–water partition coefficient (Wildman–Crippen LogP) is 3.27. The van der Waals surface area contributed by atoms with Crippen LogP contribution in [0.1, 0.15) is 40.7 Å². The minimum Gasteiger partial charge on any atom is -0.447 e. The molecule has 3 aromatic rings. The molecule has 0 radical (unpaired) electrons. The third-order valence-corrected chi connectivity index (χ3v) is 10.2. The van der Waals surface area contributed by atoms with Crippen molar-refractivity contribution in [3.05, 3.63) is 89.6 Å². The van der Waals surface area contributed by atoms with E-state index in [1.807, 2.05) is 42.5 Å². The van der Waals surface area contributed by atoms with Gasteiger partial charge in [0.2, 0.25) is 5.91 Å². The van der Waals surface area contributed by atoms with Gasteiger partial charge in [-0.05, 0) is 48.2 Å². The van der Waals surface area contributed by atoms with E-state index in [1.54, 1.807) is 57.1 Å². The lowest BCUT2D eigenvalue weighted by molar-refractivity contribution is -0.178.